The molecule has 0 aliphatic rings. The number of halogens is 1. The lowest BCUT2D eigenvalue weighted by Gasteiger charge is -2.05. The maximum atomic E-state index is 11.1. The van der Waals surface area contributed by atoms with E-state index in [0.717, 1.165) is 11.1 Å². The Hall–Kier alpha value is -2.24. The molecule has 2 aromatic rings. The highest BCUT2D eigenvalue weighted by Crippen LogP contribution is 2.20. The maximum absolute atomic E-state index is 11.1. The summed E-state index contributed by atoms with van der Waals surface area (Å²) in [6, 6.07) is 14.9. The molecule has 0 aliphatic carbocycles. The lowest BCUT2D eigenvalue weighted by molar-refractivity contribution is -0.114. The number of hydrogen-bond acceptors (Lipinski definition) is 1. The monoisotopic (exact) mass is 269 g/mol. The fourth-order valence-corrected chi connectivity index (χ4v) is 1.75. The third-order valence-electron chi connectivity index (χ3n) is 2.41. The van der Waals surface area contributed by atoms with Crippen molar-refractivity contribution in [3.05, 3.63) is 64.7 Å². The van der Waals surface area contributed by atoms with Gasteiger partial charge in [-0.25, -0.2) is 0 Å². The smallest absolute Gasteiger partial charge is 0.221 e. The van der Waals surface area contributed by atoms with Crippen LogP contribution in [-0.4, -0.2) is 5.91 Å². The molecule has 0 bridgehead atoms. The van der Waals surface area contributed by atoms with E-state index in [1.807, 2.05) is 30.3 Å². The van der Waals surface area contributed by atoms with Crippen LogP contribution in [0.5, 0.6) is 0 Å². The number of carbonyl (C=O) groups is 1. The summed E-state index contributed by atoms with van der Waals surface area (Å²) < 4.78 is 0. The van der Waals surface area contributed by atoms with Crippen LogP contribution in [0.3, 0.4) is 0 Å². The van der Waals surface area contributed by atoms with Crippen molar-refractivity contribution in [2.45, 2.75) is 6.92 Å². The lowest BCUT2D eigenvalue weighted by Crippen LogP contribution is -2.07. The zero-order chi connectivity index (χ0) is 13.7. The number of hydrogen-bond donors (Lipinski definition) is 1. The predicted molar refractivity (Wildman–Crippen MR) is 78.2 cm³/mol. The Balaban J connectivity index is 2.35. The molecule has 0 unspecified atom stereocenters. The van der Waals surface area contributed by atoms with Gasteiger partial charge < -0.3 is 5.32 Å². The maximum Gasteiger partial charge on any atom is 0.221 e. The first-order valence-corrected chi connectivity index (χ1v) is 6.17. The van der Waals surface area contributed by atoms with Crippen molar-refractivity contribution >= 4 is 23.2 Å². The van der Waals surface area contributed by atoms with Crippen LogP contribution >= 0.6 is 11.6 Å². The van der Waals surface area contributed by atoms with E-state index in [0.29, 0.717) is 10.7 Å². The fourth-order valence-electron chi connectivity index (χ4n) is 1.58. The van der Waals surface area contributed by atoms with Crippen LogP contribution in [0.4, 0.5) is 5.69 Å². The number of rotatable bonds is 1. The van der Waals surface area contributed by atoms with Crippen molar-refractivity contribution in [2.24, 2.45) is 0 Å². The van der Waals surface area contributed by atoms with E-state index in [1.54, 1.807) is 18.2 Å². The van der Waals surface area contributed by atoms with Gasteiger partial charge in [0.05, 0.1) is 5.69 Å². The van der Waals surface area contributed by atoms with Crippen molar-refractivity contribution in [2.75, 3.05) is 5.32 Å². The molecule has 1 amide bonds. The van der Waals surface area contributed by atoms with E-state index in [4.69, 9.17) is 11.6 Å². The molecule has 2 rings (SSSR count). The number of benzene rings is 2. The molecular formula is C16H12ClNO. The van der Waals surface area contributed by atoms with E-state index >= 15 is 0 Å². The van der Waals surface area contributed by atoms with Gasteiger partial charge in [0.25, 0.3) is 0 Å². The molecule has 0 saturated carbocycles. The molecule has 0 heterocycles. The Morgan fingerprint density at radius 2 is 1.84 bits per heavy atom. The molecule has 2 nitrogen and oxygen atoms in total. The van der Waals surface area contributed by atoms with Crippen molar-refractivity contribution < 1.29 is 4.79 Å². The third kappa shape index (κ3) is 3.87. The summed E-state index contributed by atoms with van der Waals surface area (Å²) in [7, 11) is 0. The molecule has 3 heteroatoms. The third-order valence-corrected chi connectivity index (χ3v) is 2.64. The SMILES string of the molecule is CC(=O)Nc1cc(Cl)ccc1C#Cc1ccccc1. The quantitative estimate of drug-likeness (QED) is 0.786. The summed E-state index contributed by atoms with van der Waals surface area (Å²) in [6.07, 6.45) is 0. The van der Waals surface area contributed by atoms with Gasteiger partial charge in [0.15, 0.2) is 0 Å². The predicted octanol–water partition coefficient (Wildman–Crippen LogP) is 3.70. The van der Waals surface area contributed by atoms with E-state index in [9.17, 15) is 4.79 Å². The fraction of sp³-hybridized carbons (Fsp3) is 0.0625. The van der Waals surface area contributed by atoms with Crippen LogP contribution in [0.2, 0.25) is 5.02 Å². The zero-order valence-corrected chi connectivity index (χ0v) is 11.2. The van der Waals surface area contributed by atoms with E-state index < -0.39 is 0 Å². The number of carbonyl (C=O) groups excluding carboxylic acids is 1. The second-order valence-electron chi connectivity index (χ2n) is 3.99. The van der Waals surface area contributed by atoms with Crippen molar-refractivity contribution in [1.29, 1.82) is 0 Å². The Labute approximate surface area is 117 Å². The Morgan fingerprint density at radius 1 is 1.11 bits per heavy atom. The van der Waals surface area contributed by atoms with Crippen LogP contribution < -0.4 is 5.32 Å². The first kappa shape index (κ1) is 13.2. The highest BCUT2D eigenvalue weighted by atomic mass is 35.5. The van der Waals surface area contributed by atoms with Gasteiger partial charge in [-0.2, -0.15) is 0 Å². The van der Waals surface area contributed by atoms with Crippen LogP contribution in [-0.2, 0) is 4.79 Å². The second-order valence-corrected chi connectivity index (χ2v) is 4.42. The number of anilines is 1. The number of amides is 1. The lowest BCUT2D eigenvalue weighted by atomic mass is 10.1. The Kier molecular flexibility index (Phi) is 4.22. The van der Waals surface area contributed by atoms with E-state index in [1.165, 1.54) is 6.92 Å². The van der Waals surface area contributed by atoms with E-state index in [-0.39, 0.29) is 5.91 Å². The normalized spacial score (nSPS) is 9.37. The second kappa shape index (κ2) is 6.08. The molecule has 19 heavy (non-hydrogen) atoms. The van der Waals surface area contributed by atoms with Gasteiger partial charge >= 0.3 is 0 Å². The van der Waals surface area contributed by atoms with Gasteiger partial charge in [0.2, 0.25) is 5.91 Å². The summed E-state index contributed by atoms with van der Waals surface area (Å²) in [5.41, 5.74) is 2.29. The molecule has 0 radical (unpaired) electrons. The molecule has 0 fully saturated rings. The topological polar surface area (TPSA) is 29.1 Å². The molecule has 2 aromatic carbocycles. The molecule has 0 aromatic heterocycles. The van der Waals surface area contributed by atoms with Gasteiger partial charge in [-0.3, -0.25) is 4.79 Å². The van der Waals surface area contributed by atoms with Gasteiger partial charge in [-0.05, 0) is 30.3 Å². The summed E-state index contributed by atoms with van der Waals surface area (Å²) in [6.45, 7) is 1.45. The van der Waals surface area contributed by atoms with Gasteiger partial charge in [0.1, 0.15) is 0 Å². The largest absolute Gasteiger partial charge is 0.325 e. The summed E-state index contributed by atoms with van der Waals surface area (Å²) in [5, 5.41) is 3.29. The summed E-state index contributed by atoms with van der Waals surface area (Å²) in [5.74, 6) is 5.94. The molecule has 0 atom stereocenters. The number of nitrogens with one attached hydrogen (secondary N) is 1. The molecule has 94 valence electrons. The highest BCUT2D eigenvalue weighted by molar-refractivity contribution is 6.31. The minimum Gasteiger partial charge on any atom is -0.325 e. The van der Waals surface area contributed by atoms with Crippen LogP contribution in [0.15, 0.2) is 48.5 Å². The average molecular weight is 270 g/mol. The minimum absolute atomic E-state index is 0.148. The van der Waals surface area contributed by atoms with Crippen LogP contribution in [0.1, 0.15) is 18.1 Å². The van der Waals surface area contributed by atoms with Crippen LogP contribution in [0, 0.1) is 11.8 Å². The molecular weight excluding hydrogens is 258 g/mol. The standard InChI is InChI=1S/C16H12ClNO/c1-12(19)18-16-11-15(17)10-9-14(16)8-7-13-5-3-2-4-6-13/h2-6,9-11H,1H3,(H,18,19). The zero-order valence-electron chi connectivity index (χ0n) is 10.4. The average Bonchev–Trinajstić information content (AvgIpc) is 2.38. The minimum atomic E-state index is -0.148. The van der Waals surface area contributed by atoms with Gasteiger partial charge in [0, 0.05) is 23.1 Å². The van der Waals surface area contributed by atoms with Crippen molar-refractivity contribution in [3.63, 3.8) is 0 Å². The van der Waals surface area contributed by atoms with Crippen molar-refractivity contribution in [1.82, 2.24) is 0 Å². The molecule has 0 aliphatic heterocycles. The Morgan fingerprint density at radius 3 is 2.53 bits per heavy atom. The van der Waals surface area contributed by atoms with Gasteiger partial charge in [-0.1, -0.05) is 41.6 Å². The van der Waals surface area contributed by atoms with Crippen LogP contribution in [0.25, 0.3) is 0 Å². The summed E-state index contributed by atoms with van der Waals surface area (Å²) in [4.78, 5) is 11.1. The highest BCUT2D eigenvalue weighted by Gasteiger charge is 2.02. The first-order valence-electron chi connectivity index (χ1n) is 5.79. The van der Waals surface area contributed by atoms with Crippen molar-refractivity contribution in [3.8, 4) is 11.8 Å². The molecule has 0 spiro atoms. The Bertz CT molecular complexity index is 653. The van der Waals surface area contributed by atoms with Gasteiger partial charge in [-0.15, -0.1) is 0 Å². The first-order chi connectivity index (χ1) is 9.15. The summed E-state index contributed by atoms with van der Waals surface area (Å²) >= 11 is 5.92. The molecule has 0 saturated heterocycles. The molecule has 1 N–H and O–H groups in total. The van der Waals surface area contributed by atoms with E-state index in [2.05, 4.69) is 17.2 Å².